The third-order valence-electron chi connectivity index (χ3n) is 3.36. The van der Waals surface area contributed by atoms with E-state index in [1.54, 1.807) is 11.6 Å². The number of aromatic nitrogens is 4. The van der Waals surface area contributed by atoms with Crippen LogP contribution in [0.15, 0.2) is 42.5 Å². The van der Waals surface area contributed by atoms with Crippen LogP contribution in [0.3, 0.4) is 0 Å². The zero-order chi connectivity index (χ0) is 14.8. The van der Waals surface area contributed by atoms with Crippen molar-refractivity contribution in [3.05, 3.63) is 59.4 Å². The van der Waals surface area contributed by atoms with Crippen molar-refractivity contribution in [1.82, 2.24) is 20.2 Å². The van der Waals surface area contributed by atoms with Crippen LogP contribution in [0.2, 0.25) is 0 Å². The summed E-state index contributed by atoms with van der Waals surface area (Å²) in [6, 6.07) is 12.7. The molecule has 1 aromatic heterocycles. The largest absolute Gasteiger partial charge is 0.398 e. The van der Waals surface area contributed by atoms with E-state index in [1.807, 2.05) is 30.3 Å². The second kappa shape index (κ2) is 5.32. The van der Waals surface area contributed by atoms with E-state index in [4.69, 9.17) is 5.73 Å². The topological polar surface area (TPSA) is 69.6 Å². The van der Waals surface area contributed by atoms with Gasteiger partial charge in [0, 0.05) is 11.3 Å². The molecule has 6 heteroatoms. The minimum absolute atomic E-state index is 0.325. The Hall–Kier alpha value is -2.76. The Morgan fingerprint density at radius 1 is 1.14 bits per heavy atom. The van der Waals surface area contributed by atoms with Gasteiger partial charge in [0.1, 0.15) is 5.82 Å². The zero-order valence-electron chi connectivity index (χ0n) is 11.5. The molecule has 0 saturated carbocycles. The van der Waals surface area contributed by atoms with Crippen LogP contribution in [0, 0.1) is 12.7 Å². The monoisotopic (exact) mass is 283 g/mol. The molecule has 21 heavy (non-hydrogen) atoms. The molecule has 0 saturated heterocycles. The van der Waals surface area contributed by atoms with Crippen LogP contribution in [-0.4, -0.2) is 20.2 Å². The lowest BCUT2D eigenvalue weighted by Gasteiger charge is -2.10. The third-order valence-corrected chi connectivity index (χ3v) is 3.36. The van der Waals surface area contributed by atoms with Gasteiger partial charge in [-0.2, -0.15) is 0 Å². The van der Waals surface area contributed by atoms with Crippen LogP contribution in [-0.2, 0) is 6.54 Å². The summed E-state index contributed by atoms with van der Waals surface area (Å²) in [7, 11) is 0. The SMILES string of the molecule is Cc1c(F)ccc(N)c1-c1nnnn1Cc1ccccc1. The summed E-state index contributed by atoms with van der Waals surface area (Å²) in [5, 5.41) is 11.7. The van der Waals surface area contributed by atoms with Crippen molar-refractivity contribution in [2.75, 3.05) is 5.73 Å². The van der Waals surface area contributed by atoms with Crippen molar-refractivity contribution in [3.63, 3.8) is 0 Å². The summed E-state index contributed by atoms with van der Waals surface area (Å²) < 4.78 is 15.4. The number of hydrogen-bond donors (Lipinski definition) is 1. The second-order valence-electron chi connectivity index (χ2n) is 4.78. The van der Waals surface area contributed by atoms with Gasteiger partial charge >= 0.3 is 0 Å². The molecular formula is C15H14FN5. The predicted octanol–water partition coefficient (Wildman–Crippen LogP) is 2.42. The summed E-state index contributed by atoms with van der Waals surface area (Å²) in [6.45, 7) is 2.17. The molecule has 0 aliphatic rings. The van der Waals surface area contributed by atoms with E-state index in [1.165, 1.54) is 12.1 Å². The van der Waals surface area contributed by atoms with E-state index in [9.17, 15) is 4.39 Å². The molecule has 2 aromatic carbocycles. The average Bonchev–Trinajstić information content (AvgIpc) is 2.93. The Morgan fingerprint density at radius 2 is 1.90 bits per heavy atom. The predicted molar refractivity (Wildman–Crippen MR) is 77.9 cm³/mol. The van der Waals surface area contributed by atoms with E-state index in [2.05, 4.69) is 15.5 Å². The lowest BCUT2D eigenvalue weighted by atomic mass is 10.1. The number of halogens is 1. The number of anilines is 1. The molecule has 0 aliphatic heterocycles. The fourth-order valence-corrected chi connectivity index (χ4v) is 2.25. The van der Waals surface area contributed by atoms with Gasteiger partial charge < -0.3 is 5.73 Å². The molecular weight excluding hydrogens is 269 g/mol. The number of nitrogen functional groups attached to an aromatic ring is 1. The molecule has 0 atom stereocenters. The van der Waals surface area contributed by atoms with E-state index in [-0.39, 0.29) is 5.82 Å². The minimum Gasteiger partial charge on any atom is -0.398 e. The van der Waals surface area contributed by atoms with Gasteiger partial charge in [0.15, 0.2) is 5.82 Å². The van der Waals surface area contributed by atoms with E-state index >= 15 is 0 Å². The van der Waals surface area contributed by atoms with E-state index < -0.39 is 0 Å². The van der Waals surface area contributed by atoms with Gasteiger partial charge in [0.25, 0.3) is 0 Å². The molecule has 0 aliphatic carbocycles. The molecule has 0 fully saturated rings. The highest BCUT2D eigenvalue weighted by atomic mass is 19.1. The lowest BCUT2D eigenvalue weighted by Crippen LogP contribution is -2.07. The molecule has 0 bridgehead atoms. The number of tetrazole rings is 1. The first-order chi connectivity index (χ1) is 10.2. The normalized spacial score (nSPS) is 10.8. The van der Waals surface area contributed by atoms with Crippen LogP contribution in [0.4, 0.5) is 10.1 Å². The van der Waals surface area contributed by atoms with E-state index in [0.29, 0.717) is 29.2 Å². The number of benzene rings is 2. The molecule has 1 heterocycles. The summed E-state index contributed by atoms with van der Waals surface area (Å²) in [6.07, 6.45) is 0. The first kappa shape index (κ1) is 13.2. The van der Waals surface area contributed by atoms with Gasteiger partial charge in [0.2, 0.25) is 0 Å². The number of rotatable bonds is 3. The Balaban J connectivity index is 2.06. The Bertz CT molecular complexity index is 767. The van der Waals surface area contributed by atoms with Crippen LogP contribution in [0.5, 0.6) is 0 Å². The summed E-state index contributed by atoms with van der Waals surface area (Å²) in [5.74, 6) is 0.141. The number of nitrogens with zero attached hydrogens (tertiary/aromatic N) is 4. The van der Waals surface area contributed by atoms with Crippen LogP contribution in [0.25, 0.3) is 11.4 Å². The molecule has 5 nitrogen and oxygen atoms in total. The van der Waals surface area contributed by atoms with Gasteiger partial charge in [-0.25, -0.2) is 9.07 Å². The fraction of sp³-hybridized carbons (Fsp3) is 0.133. The molecule has 0 unspecified atom stereocenters. The summed E-state index contributed by atoms with van der Waals surface area (Å²) in [5.41, 5.74) is 8.46. The second-order valence-corrected chi connectivity index (χ2v) is 4.78. The van der Waals surface area contributed by atoms with E-state index in [0.717, 1.165) is 5.56 Å². The number of hydrogen-bond acceptors (Lipinski definition) is 4. The zero-order valence-corrected chi connectivity index (χ0v) is 11.5. The molecule has 2 N–H and O–H groups in total. The lowest BCUT2D eigenvalue weighted by molar-refractivity contribution is 0.618. The quantitative estimate of drug-likeness (QED) is 0.749. The van der Waals surface area contributed by atoms with Gasteiger partial charge in [0.05, 0.1) is 6.54 Å². The van der Waals surface area contributed by atoms with Gasteiger partial charge in [-0.3, -0.25) is 0 Å². The molecule has 0 spiro atoms. The summed E-state index contributed by atoms with van der Waals surface area (Å²) in [4.78, 5) is 0. The van der Waals surface area contributed by atoms with Crippen molar-refractivity contribution in [3.8, 4) is 11.4 Å². The Kier molecular flexibility index (Phi) is 3.35. The highest BCUT2D eigenvalue weighted by molar-refractivity contribution is 5.74. The van der Waals surface area contributed by atoms with Crippen molar-refractivity contribution < 1.29 is 4.39 Å². The highest BCUT2D eigenvalue weighted by Crippen LogP contribution is 2.29. The minimum atomic E-state index is -0.325. The maximum atomic E-state index is 13.8. The summed E-state index contributed by atoms with van der Waals surface area (Å²) >= 11 is 0. The third kappa shape index (κ3) is 2.47. The van der Waals surface area contributed by atoms with Crippen molar-refractivity contribution in [1.29, 1.82) is 0 Å². The Labute approximate surface area is 121 Å². The first-order valence-corrected chi connectivity index (χ1v) is 6.52. The van der Waals surface area contributed by atoms with Crippen molar-refractivity contribution in [2.24, 2.45) is 0 Å². The first-order valence-electron chi connectivity index (χ1n) is 6.52. The van der Waals surface area contributed by atoms with Crippen LogP contribution >= 0.6 is 0 Å². The van der Waals surface area contributed by atoms with Gasteiger partial charge in [-0.05, 0) is 40.6 Å². The molecule has 0 radical (unpaired) electrons. The maximum Gasteiger partial charge on any atom is 0.184 e. The molecule has 106 valence electrons. The highest BCUT2D eigenvalue weighted by Gasteiger charge is 2.17. The number of nitrogens with two attached hydrogens (primary N) is 1. The molecule has 3 aromatic rings. The fourth-order valence-electron chi connectivity index (χ4n) is 2.25. The molecule has 3 rings (SSSR count). The standard InChI is InChI=1S/C15H14FN5/c1-10-12(16)7-8-13(17)14(10)15-18-19-20-21(15)9-11-5-3-2-4-6-11/h2-8H,9,17H2,1H3. The van der Waals surface area contributed by atoms with Crippen molar-refractivity contribution in [2.45, 2.75) is 13.5 Å². The van der Waals surface area contributed by atoms with Gasteiger partial charge in [-0.1, -0.05) is 30.3 Å². The van der Waals surface area contributed by atoms with Crippen LogP contribution < -0.4 is 5.73 Å². The van der Waals surface area contributed by atoms with Crippen LogP contribution in [0.1, 0.15) is 11.1 Å². The Morgan fingerprint density at radius 3 is 2.67 bits per heavy atom. The van der Waals surface area contributed by atoms with Gasteiger partial charge in [-0.15, -0.1) is 5.10 Å². The smallest absolute Gasteiger partial charge is 0.184 e. The average molecular weight is 283 g/mol. The molecule has 0 amide bonds. The van der Waals surface area contributed by atoms with Crippen molar-refractivity contribution >= 4 is 5.69 Å². The maximum absolute atomic E-state index is 13.8.